The molecular formula is C66H111O11P. The summed E-state index contributed by atoms with van der Waals surface area (Å²) in [4.78, 5) is 48.7. The number of aliphatic hydroxyl groups excluding tert-OH is 1. The standard InChI is InChI=1S/C66H111O11P/c1-4-7-10-13-16-19-22-25-28-30-31-33-36-39-42-45-48-51-54-57-66(70)77-63(59-73-64(68)55-52-49-46-43-40-37-34-27-24-21-18-15-12-9-6-3)61-75-78(71,72)74-60-62(58-67)76-65(69)56-53-50-47-44-41-38-35-32-29-26-23-20-17-14-11-8-5-2/h7,9-10,12,16,18-19,21,25-29,31,33-34,39,42,62-63,67H,4-6,8,11,13-15,17,20,22-24,30,32,35-38,40-41,43-61H2,1-3H3,(H,71,72)/b10-7-,12-9-,19-16-,21-18-,28-25-,29-26-,33-31-,34-27-,42-39-. The fourth-order valence-electron chi connectivity index (χ4n) is 8.04. The van der Waals surface area contributed by atoms with Gasteiger partial charge in [-0.15, -0.1) is 0 Å². The summed E-state index contributed by atoms with van der Waals surface area (Å²) >= 11 is 0. The van der Waals surface area contributed by atoms with Crippen molar-refractivity contribution in [1.82, 2.24) is 0 Å². The summed E-state index contributed by atoms with van der Waals surface area (Å²) < 4.78 is 39.6. The van der Waals surface area contributed by atoms with E-state index in [1.165, 1.54) is 64.2 Å². The maximum Gasteiger partial charge on any atom is 0.472 e. The molecule has 3 atom stereocenters. The van der Waals surface area contributed by atoms with Crippen LogP contribution in [0.2, 0.25) is 0 Å². The molecule has 0 aliphatic rings. The first kappa shape index (κ1) is 74.1. The first-order chi connectivity index (χ1) is 38.2. The highest BCUT2D eigenvalue weighted by molar-refractivity contribution is 7.47. The Bertz CT molecular complexity index is 1720. The zero-order chi connectivity index (χ0) is 56.9. The van der Waals surface area contributed by atoms with E-state index < -0.39 is 57.8 Å². The molecular weight excluding hydrogens is 1000 g/mol. The summed E-state index contributed by atoms with van der Waals surface area (Å²) in [5.74, 6) is -1.53. The van der Waals surface area contributed by atoms with Gasteiger partial charge in [0.05, 0.1) is 19.8 Å². The lowest BCUT2D eigenvalue weighted by atomic mass is 10.1. The summed E-state index contributed by atoms with van der Waals surface area (Å²) in [6, 6.07) is 0. The molecule has 78 heavy (non-hydrogen) atoms. The van der Waals surface area contributed by atoms with E-state index in [-0.39, 0.29) is 25.9 Å². The molecule has 0 rings (SSSR count). The topological polar surface area (TPSA) is 155 Å². The maximum atomic E-state index is 12.9. The molecule has 0 aliphatic carbocycles. The molecule has 0 aromatic rings. The van der Waals surface area contributed by atoms with E-state index in [1.807, 2.05) is 0 Å². The van der Waals surface area contributed by atoms with Crippen LogP contribution >= 0.6 is 7.82 Å². The van der Waals surface area contributed by atoms with Crippen LogP contribution in [-0.2, 0) is 42.2 Å². The van der Waals surface area contributed by atoms with Gasteiger partial charge in [-0.2, -0.15) is 0 Å². The number of hydrogen-bond acceptors (Lipinski definition) is 10. The van der Waals surface area contributed by atoms with Gasteiger partial charge in [-0.3, -0.25) is 23.4 Å². The van der Waals surface area contributed by atoms with Crippen LogP contribution in [0, 0.1) is 0 Å². The van der Waals surface area contributed by atoms with Crippen LogP contribution < -0.4 is 0 Å². The van der Waals surface area contributed by atoms with E-state index in [0.29, 0.717) is 19.3 Å². The largest absolute Gasteiger partial charge is 0.472 e. The zero-order valence-corrected chi connectivity index (χ0v) is 50.2. The molecule has 12 heteroatoms. The lowest BCUT2D eigenvalue weighted by Crippen LogP contribution is -2.30. The minimum absolute atomic E-state index is 0.119. The summed E-state index contributed by atoms with van der Waals surface area (Å²) in [6.45, 7) is 4.36. The quantitative estimate of drug-likeness (QED) is 0.0197. The van der Waals surface area contributed by atoms with Gasteiger partial charge in [0.1, 0.15) is 12.7 Å². The van der Waals surface area contributed by atoms with Crippen LogP contribution in [0.15, 0.2) is 109 Å². The van der Waals surface area contributed by atoms with Crippen LogP contribution in [0.4, 0.5) is 0 Å². The second-order valence-corrected chi connectivity index (χ2v) is 21.6. The molecule has 446 valence electrons. The summed E-state index contributed by atoms with van der Waals surface area (Å²) in [5.41, 5.74) is 0. The monoisotopic (exact) mass is 1110 g/mol. The maximum absolute atomic E-state index is 12.9. The second-order valence-electron chi connectivity index (χ2n) is 20.1. The van der Waals surface area contributed by atoms with Crippen molar-refractivity contribution in [3.05, 3.63) is 109 Å². The molecule has 0 amide bonds. The van der Waals surface area contributed by atoms with Crippen molar-refractivity contribution in [1.29, 1.82) is 0 Å². The molecule has 0 spiro atoms. The van der Waals surface area contributed by atoms with E-state index in [0.717, 1.165) is 128 Å². The number of ether oxygens (including phenoxy) is 3. The van der Waals surface area contributed by atoms with Crippen molar-refractivity contribution in [2.24, 2.45) is 0 Å². The fraction of sp³-hybridized carbons (Fsp3) is 0.682. The van der Waals surface area contributed by atoms with Crippen molar-refractivity contribution < 1.29 is 52.2 Å². The Morgan fingerprint density at radius 3 is 1.05 bits per heavy atom. The Morgan fingerprint density at radius 1 is 0.372 bits per heavy atom. The fourth-order valence-corrected chi connectivity index (χ4v) is 8.82. The van der Waals surface area contributed by atoms with Gasteiger partial charge in [-0.05, 0) is 122 Å². The summed E-state index contributed by atoms with van der Waals surface area (Å²) in [5, 5.41) is 9.84. The van der Waals surface area contributed by atoms with E-state index in [1.54, 1.807) is 0 Å². The number of aliphatic hydroxyl groups is 1. The number of esters is 3. The highest BCUT2D eigenvalue weighted by atomic mass is 31.2. The van der Waals surface area contributed by atoms with Gasteiger partial charge in [0.15, 0.2) is 6.10 Å². The number of phosphoric ester groups is 1. The van der Waals surface area contributed by atoms with Crippen molar-refractivity contribution >= 4 is 25.7 Å². The van der Waals surface area contributed by atoms with E-state index in [2.05, 4.69) is 130 Å². The Balaban J connectivity index is 4.79. The molecule has 0 radical (unpaired) electrons. The molecule has 0 aromatic carbocycles. The average molecular weight is 1110 g/mol. The third-order valence-electron chi connectivity index (χ3n) is 12.7. The number of unbranched alkanes of at least 4 members (excludes halogenated alkanes) is 21. The Labute approximate surface area is 475 Å². The minimum atomic E-state index is -4.77. The third kappa shape index (κ3) is 56.8. The summed E-state index contributed by atoms with van der Waals surface area (Å²) in [7, 11) is -4.77. The summed E-state index contributed by atoms with van der Waals surface area (Å²) in [6.07, 6.45) is 71.8. The minimum Gasteiger partial charge on any atom is -0.462 e. The molecule has 2 N–H and O–H groups in total. The van der Waals surface area contributed by atoms with E-state index in [4.69, 9.17) is 23.3 Å². The van der Waals surface area contributed by atoms with Crippen LogP contribution in [0.5, 0.6) is 0 Å². The van der Waals surface area contributed by atoms with E-state index >= 15 is 0 Å². The van der Waals surface area contributed by atoms with E-state index in [9.17, 15) is 28.9 Å². The molecule has 0 bridgehead atoms. The van der Waals surface area contributed by atoms with Crippen LogP contribution in [0.25, 0.3) is 0 Å². The molecule has 0 saturated heterocycles. The van der Waals surface area contributed by atoms with Gasteiger partial charge < -0.3 is 24.2 Å². The van der Waals surface area contributed by atoms with Crippen molar-refractivity contribution in [3.63, 3.8) is 0 Å². The highest BCUT2D eigenvalue weighted by Gasteiger charge is 2.28. The Kier molecular flexibility index (Phi) is 56.3. The first-order valence-corrected chi connectivity index (χ1v) is 32.3. The molecule has 3 unspecified atom stereocenters. The number of phosphoric acid groups is 1. The van der Waals surface area contributed by atoms with Gasteiger partial charge in [-0.25, -0.2) is 4.57 Å². The number of allylic oxidation sites excluding steroid dienone is 18. The Morgan fingerprint density at radius 2 is 0.667 bits per heavy atom. The van der Waals surface area contributed by atoms with Crippen LogP contribution in [-0.4, -0.2) is 66.5 Å². The van der Waals surface area contributed by atoms with Crippen LogP contribution in [0.3, 0.4) is 0 Å². The normalized spacial score (nSPS) is 14.1. The second kappa shape index (κ2) is 59.3. The van der Waals surface area contributed by atoms with Gasteiger partial charge in [-0.1, -0.05) is 220 Å². The number of hydrogen-bond donors (Lipinski definition) is 2. The lowest BCUT2D eigenvalue weighted by Gasteiger charge is -2.21. The van der Waals surface area contributed by atoms with Crippen LogP contribution in [0.1, 0.15) is 252 Å². The molecule has 0 aromatic heterocycles. The number of rotatable bonds is 56. The molecule has 11 nitrogen and oxygen atoms in total. The molecule has 0 heterocycles. The smallest absolute Gasteiger partial charge is 0.462 e. The Hall–Kier alpha value is -3.86. The number of carbonyl (C=O) groups is 3. The zero-order valence-electron chi connectivity index (χ0n) is 49.3. The highest BCUT2D eigenvalue weighted by Crippen LogP contribution is 2.43. The third-order valence-corrected chi connectivity index (χ3v) is 13.6. The first-order valence-electron chi connectivity index (χ1n) is 30.8. The molecule has 0 saturated carbocycles. The molecule has 0 aliphatic heterocycles. The number of carbonyl (C=O) groups excluding carboxylic acids is 3. The SMILES string of the molecule is CC/C=C\C/C=C\C/C=C\C/C=C\C/C=C\CCCCCC(=O)OC(COC(=O)CCCCCCC/C=C\C/C=C\C/C=C\CC)COP(=O)(O)OCC(CO)OC(=O)CCCCCCCCC/C=C\CCCCCCCC. The van der Waals surface area contributed by atoms with Crippen molar-refractivity contribution in [2.75, 3.05) is 26.4 Å². The molecule has 0 fully saturated rings. The van der Waals surface area contributed by atoms with Gasteiger partial charge in [0.25, 0.3) is 0 Å². The lowest BCUT2D eigenvalue weighted by molar-refractivity contribution is -0.161. The predicted molar refractivity (Wildman–Crippen MR) is 325 cm³/mol. The predicted octanol–water partition coefficient (Wildman–Crippen LogP) is 18.6. The van der Waals surface area contributed by atoms with Crippen molar-refractivity contribution in [3.8, 4) is 0 Å². The van der Waals surface area contributed by atoms with Crippen molar-refractivity contribution in [2.45, 2.75) is 264 Å². The van der Waals surface area contributed by atoms with Gasteiger partial charge in [0.2, 0.25) is 0 Å². The van der Waals surface area contributed by atoms with Gasteiger partial charge >= 0.3 is 25.7 Å². The van der Waals surface area contributed by atoms with Gasteiger partial charge in [0, 0.05) is 19.3 Å². The average Bonchev–Trinajstić information content (AvgIpc) is 3.43.